The monoisotopic (exact) mass is 275 g/mol. The Morgan fingerprint density at radius 3 is 2.40 bits per heavy atom. The number of carboxylic acid groups (broad SMARTS) is 1. The minimum atomic E-state index is -1.29. The Hall–Kier alpha value is -2.56. The molecule has 20 heavy (non-hydrogen) atoms. The number of nitrogens with zero attached hydrogens (tertiary/aromatic N) is 1. The molecule has 0 amide bonds. The van der Waals surface area contributed by atoms with Gasteiger partial charge in [0.2, 0.25) is 0 Å². The molecule has 2 aromatic carbocycles. The molecule has 0 saturated carbocycles. The largest absolute Gasteiger partial charge is 0.497 e. The summed E-state index contributed by atoms with van der Waals surface area (Å²) < 4.78 is 18.7. The van der Waals surface area contributed by atoms with Crippen molar-refractivity contribution in [1.82, 2.24) is 0 Å². The van der Waals surface area contributed by atoms with Crippen molar-refractivity contribution in [1.29, 1.82) is 0 Å². The van der Waals surface area contributed by atoms with E-state index in [9.17, 15) is 9.18 Å². The number of carbonyl (C=O) groups is 1. The summed E-state index contributed by atoms with van der Waals surface area (Å²) in [6.45, 7) is 0. The van der Waals surface area contributed by atoms with Crippen LogP contribution < -0.4 is 9.64 Å². The Kier molecular flexibility index (Phi) is 3.89. The van der Waals surface area contributed by atoms with Crippen molar-refractivity contribution < 1.29 is 19.0 Å². The van der Waals surface area contributed by atoms with Crippen molar-refractivity contribution >= 4 is 17.3 Å². The van der Waals surface area contributed by atoms with Gasteiger partial charge in [-0.15, -0.1) is 0 Å². The normalized spacial score (nSPS) is 10.2. The highest BCUT2D eigenvalue weighted by molar-refractivity contribution is 5.95. The van der Waals surface area contributed by atoms with Crippen LogP contribution in [-0.2, 0) is 0 Å². The molecule has 0 heterocycles. The molecule has 1 N–H and O–H groups in total. The van der Waals surface area contributed by atoms with Crippen molar-refractivity contribution in [3.05, 3.63) is 53.8 Å². The Labute approximate surface area is 116 Å². The van der Waals surface area contributed by atoms with Crippen LogP contribution >= 0.6 is 0 Å². The average Bonchev–Trinajstić information content (AvgIpc) is 2.46. The van der Waals surface area contributed by atoms with E-state index in [4.69, 9.17) is 9.84 Å². The zero-order valence-corrected chi connectivity index (χ0v) is 11.1. The highest BCUT2D eigenvalue weighted by Gasteiger charge is 2.19. The molecule has 0 aliphatic carbocycles. The lowest BCUT2D eigenvalue weighted by Crippen LogP contribution is -2.15. The molecule has 0 aliphatic heterocycles. The molecule has 0 unspecified atom stereocenters. The predicted molar refractivity (Wildman–Crippen MR) is 74.4 cm³/mol. The summed E-state index contributed by atoms with van der Waals surface area (Å²) in [5.41, 5.74) is 0.687. The van der Waals surface area contributed by atoms with Crippen LogP contribution in [0.15, 0.2) is 42.5 Å². The van der Waals surface area contributed by atoms with Crippen LogP contribution in [0.1, 0.15) is 10.4 Å². The van der Waals surface area contributed by atoms with E-state index in [0.717, 1.165) is 11.8 Å². The lowest BCUT2D eigenvalue weighted by atomic mass is 10.1. The van der Waals surface area contributed by atoms with E-state index in [1.165, 1.54) is 6.07 Å². The molecule has 2 aromatic rings. The number of anilines is 2. The van der Waals surface area contributed by atoms with Gasteiger partial charge in [-0.25, -0.2) is 9.18 Å². The van der Waals surface area contributed by atoms with Gasteiger partial charge in [0.15, 0.2) is 0 Å². The van der Waals surface area contributed by atoms with Crippen LogP contribution in [0.2, 0.25) is 0 Å². The van der Waals surface area contributed by atoms with E-state index in [-0.39, 0.29) is 5.56 Å². The summed E-state index contributed by atoms with van der Waals surface area (Å²) in [5, 5.41) is 9.14. The summed E-state index contributed by atoms with van der Waals surface area (Å²) in [5.74, 6) is -1.35. The first-order chi connectivity index (χ1) is 9.54. The van der Waals surface area contributed by atoms with E-state index in [0.29, 0.717) is 11.4 Å². The Bertz CT molecular complexity index is 626. The molecular formula is C15H14FNO3. The van der Waals surface area contributed by atoms with Crippen LogP contribution in [0.3, 0.4) is 0 Å². The summed E-state index contributed by atoms with van der Waals surface area (Å²) in [4.78, 5) is 12.8. The second kappa shape index (κ2) is 5.61. The summed E-state index contributed by atoms with van der Waals surface area (Å²) in [6.07, 6.45) is 0. The van der Waals surface area contributed by atoms with Gasteiger partial charge < -0.3 is 14.7 Å². The Morgan fingerprint density at radius 2 is 1.85 bits per heavy atom. The molecule has 2 rings (SSSR count). The molecular weight excluding hydrogens is 261 g/mol. The minimum Gasteiger partial charge on any atom is -0.497 e. The van der Waals surface area contributed by atoms with Gasteiger partial charge >= 0.3 is 5.97 Å². The number of rotatable bonds is 4. The van der Waals surface area contributed by atoms with Gasteiger partial charge in [0.05, 0.1) is 12.8 Å². The quantitative estimate of drug-likeness (QED) is 0.930. The Morgan fingerprint density at radius 1 is 1.20 bits per heavy atom. The standard InChI is InChI=1S/C15H14FNO3/c1-17(10-6-8-11(20-2)9-7-10)13-5-3-4-12(16)14(13)15(18)19/h3-9H,1-2H3,(H,18,19). The SMILES string of the molecule is COc1ccc(N(C)c2cccc(F)c2C(=O)O)cc1. The molecule has 0 spiro atoms. The van der Waals surface area contributed by atoms with Gasteiger partial charge in [0.1, 0.15) is 17.1 Å². The maximum atomic E-state index is 13.7. The molecule has 104 valence electrons. The van der Waals surface area contributed by atoms with Crippen LogP contribution in [0.25, 0.3) is 0 Å². The first-order valence-corrected chi connectivity index (χ1v) is 5.94. The number of halogens is 1. The minimum absolute atomic E-state index is 0.294. The van der Waals surface area contributed by atoms with Crippen molar-refractivity contribution in [2.75, 3.05) is 19.1 Å². The number of aromatic carboxylic acids is 1. The summed E-state index contributed by atoms with van der Waals surface area (Å²) in [7, 11) is 3.25. The van der Waals surface area contributed by atoms with Crippen molar-refractivity contribution in [2.45, 2.75) is 0 Å². The van der Waals surface area contributed by atoms with E-state index >= 15 is 0 Å². The van der Waals surface area contributed by atoms with Gasteiger partial charge in [-0.2, -0.15) is 0 Å². The first kappa shape index (κ1) is 13.9. The van der Waals surface area contributed by atoms with E-state index in [1.807, 2.05) is 0 Å². The van der Waals surface area contributed by atoms with Crippen LogP contribution in [-0.4, -0.2) is 25.2 Å². The molecule has 0 aromatic heterocycles. The fourth-order valence-corrected chi connectivity index (χ4v) is 1.95. The molecule has 0 radical (unpaired) electrons. The average molecular weight is 275 g/mol. The lowest BCUT2D eigenvalue weighted by Gasteiger charge is -2.21. The van der Waals surface area contributed by atoms with Crippen molar-refractivity contribution in [2.24, 2.45) is 0 Å². The third-order valence-electron chi connectivity index (χ3n) is 3.03. The zero-order chi connectivity index (χ0) is 14.7. The topological polar surface area (TPSA) is 49.8 Å². The number of hydrogen-bond acceptors (Lipinski definition) is 3. The van der Waals surface area contributed by atoms with Crippen LogP contribution in [0.5, 0.6) is 5.75 Å². The summed E-state index contributed by atoms with van der Waals surface area (Å²) in [6, 6.07) is 11.2. The van der Waals surface area contributed by atoms with Crippen LogP contribution in [0, 0.1) is 5.82 Å². The predicted octanol–water partition coefficient (Wildman–Crippen LogP) is 3.30. The van der Waals surface area contributed by atoms with Crippen molar-refractivity contribution in [3.8, 4) is 5.75 Å². The fourth-order valence-electron chi connectivity index (χ4n) is 1.95. The molecule has 5 heteroatoms. The lowest BCUT2D eigenvalue weighted by molar-refractivity contribution is 0.0693. The van der Waals surface area contributed by atoms with Crippen LogP contribution in [0.4, 0.5) is 15.8 Å². The maximum Gasteiger partial charge on any atom is 0.340 e. The second-order valence-corrected chi connectivity index (χ2v) is 4.20. The third-order valence-corrected chi connectivity index (χ3v) is 3.03. The smallest absolute Gasteiger partial charge is 0.340 e. The second-order valence-electron chi connectivity index (χ2n) is 4.20. The van der Waals surface area contributed by atoms with Gasteiger partial charge in [-0.05, 0) is 36.4 Å². The molecule has 4 nitrogen and oxygen atoms in total. The van der Waals surface area contributed by atoms with Gasteiger partial charge in [0, 0.05) is 12.7 Å². The third kappa shape index (κ3) is 2.56. The number of carboxylic acids is 1. The van der Waals surface area contributed by atoms with Gasteiger partial charge in [-0.1, -0.05) is 6.07 Å². The molecule has 0 bridgehead atoms. The van der Waals surface area contributed by atoms with Crippen molar-refractivity contribution in [3.63, 3.8) is 0 Å². The molecule has 0 atom stereocenters. The number of methoxy groups -OCH3 is 1. The molecule has 0 fully saturated rings. The molecule has 0 saturated heterocycles. The summed E-state index contributed by atoms with van der Waals surface area (Å²) >= 11 is 0. The van der Waals surface area contributed by atoms with Gasteiger partial charge in [-0.3, -0.25) is 0 Å². The fraction of sp³-hybridized carbons (Fsp3) is 0.133. The van der Waals surface area contributed by atoms with E-state index in [1.54, 1.807) is 49.4 Å². The number of hydrogen-bond donors (Lipinski definition) is 1. The van der Waals surface area contributed by atoms with Gasteiger partial charge in [0.25, 0.3) is 0 Å². The van der Waals surface area contributed by atoms with E-state index in [2.05, 4.69) is 0 Å². The molecule has 0 aliphatic rings. The maximum absolute atomic E-state index is 13.7. The highest BCUT2D eigenvalue weighted by atomic mass is 19.1. The number of benzene rings is 2. The Balaban J connectivity index is 2.44. The number of ether oxygens (including phenoxy) is 1. The van der Waals surface area contributed by atoms with E-state index < -0.39 is 11.8 Å². The first-order valence-electron chi connectivity index (χ1n) is 5.94. The highest BCUT2D eigenvalue weighted by Crippen LogP contribution is 2.29. The zero-order valence-electron chi connectivity index (χ0n) is 11.1.